The average Bonchev–Trinajstić information content (AvgIpc) is 2.56. The Bertz CT molecular complexity index is 410. The van der Waals surface area contributed by atoms with Gasteiger partial charge in [-0.25, -0.2) is 0 Å². The summed E-state index contributed by atoms with van der Waals surface area (Å²) in [6.45, 7) is 8.81. The highest BCUT2D eigenvalue weighted by atomic mass is 16.5. The van der Waals surface area contributed by atoms with E-state index in [0.29, 0.717) is 0 Å². The molecule has 0 fully saturated rings. The van der Waals surface area contributed by atoms with Gasteiger partial charge in [-0.2, -0.15) is 0 Å². The van der Waals surface area contributed by atoms with Crippen molar-refractivity contribution in [3.05, 3.63) is 23.8 Å². The number of rotatable bonds is 14. The first-order valence-electron chi connectivity index (χ1n) is 9.07. The second kappa shape index (κ2) is 13.2. The van der Waals surface area contributed by atoms with Crippen molar-refractivity contribution in [3.8, 4) is 5.75 Å². The van der Waals surface area contributed by atoms with E-state index in [1.807, 2.05) is 12.1 Å². The molecule has 0 aliphatic heterocycles. The van der Waals surface area contributed by atoms with E-state index in [1.165, 1.54) is 18.4 Å². The van der Waals surface area contributed by atoms with Crippen LogP contribution in [0.15, 0.2) is 18.2 Å². The Morgan fingerprint density at radius 2 is 1.74 bits per heavy atom. The minimum atomic E-state index is 0.718. The Labute approximate surface area is 141 Å². The van der Waals surface area contributed by atoms with Crippen LogP contribution in [-0.2, 0) is 11.2 Å². The monoisotopic (exact) mass is 322 g/mol. The van der Waals surface area contributed by atoms with Crippen molar-refractivity contribution in [2.45, 2.75) is 52.4 Å². The molecule has 0 unspecified atom stereocenters. The van der Waals surface area contributed by atoms with Gasteiger partial charge in [-0.05, 0) is 62.9 Å². The van der Waals surface area contributed by atoms with Crippen LogP contribution in [0.25, 0.3) is 0 Å². The SMILES string of the molecule is CCCCOCCCNCCCc1ccc(OCCC)c(N)c1. The number of hydrogen-bond acceptors (Lipinski definition) is 4. The number of aryl methyl sites for hydroxylation is 1. The molecule has 0 amide bonds. The largest absolute Gasteiger partial charge is 0.491 e. The molecule has 0 atom stereocenters. The van der Waals surface area contributed by atoms with E-state index in [2.05, 4.69) is 25.2 Å². The third-order valence-electron chi connectivity index (χ3n) is 3.64. The van der Waals surface area contributed by atoms with Gasteiger partial charge >= 0.3 is 0 Å². The fourth-order valence-electron chi connectivity index (χ4n) is 2.29. The number of hydrogen-bond donors (Lipinski definition) is 2. The smallest absolute Gasteiger partial charge is 0.142 e. The van der Waals surface area contributed by atoms with Crippen LogP contribution in [-0.4, -0.2) is 32.9 Å². The Kier molecular flexibility index (Phi) is 11.4. The minimum absolute atomic E-state index is 0.718. The summed E-state index contributed by atoms with van der Waals surface area (Å²) in [4.78, 5) is 0. The standard InChI is InChI=1S/C19H34N2O2/c1-3-5-14-22-15-7-12-21-11-6-8-17-9-10-19(18(20)16-17)23-13-4-2/h9-10,16,21H,3-8,11-15,20H2,1-2H3. The van der Waals surface area contributed by atoms with Gasteiger partial charge in [0.25, 0.3) is 0 Å². The predicted octanol–water partition coefficient (Wildman–Crippen LogP) is 3.79. The number of unbranched alkanes of at least 4 members (excludes halogenated alkanes) is 1. The van der Waals surface area contributed by atoms with Gasteiger partial charge in [0.1, 0.15) is 5.75 Å². The molecule has 0 aliphatic carbocycles. The Morgan fingerprint density at radius 3 is 2.48 bits per heavy atom. The third kappa shape index (κ3) is 9.47. The summed E-state index contributed by atoms with van der Waals surface area (Å²) in [5, 5.41) is 3.46. The van der Waals surface area contributed by atoms with Gasteiger partial charge in [0.15, 0.2) is 0 Å². The zero-order valence-corrected chi connectivity index (χ0v) is 14.9. The van der Waals surface area contributed by atoms with Crippen molar-refractivity contribution in [3.63, 3.8) is 0 Å². The first kappa shape index (κ1) is 19.8. The van der Waals surface area contributed by atoms with Crippen LogP contribution in [0, 0.1) is 0 Å². The fraction of sp³-hybridized carbons (Fsp3) is 0.684. The van der Waals surface area contributed by atoms with Gasteiger partial charge < -0.3 is 20.5 Å². The van der Waals surface area contributed by atoms with E-state index < -0.39 is 0 Å². The van der Waals surface area contributed by atoms with E-state index in [0.717, 1.165) is 70.0 Å². The zero-order chi connectivity index (χ0) is 16.8. The average molecular weight is 322 g/mol. The van der Waals surface area contributed by atoms with Crippen molar-refractivity contribution in [2.24, 2.45) is 0 Å². The molecule has 4 heteroatoms. The van der Waals surface area contributed by atoms with Crippen LogP contribution in [0.1, 0.15) is 51.5 Å². The lowest BCUT2D eigenvalue weighted by Crippen LogP contribution is -2.18. The zero-order valence-electron chi connectivity index (χ0n) is 14.9. The highest BCUT2D eigenvalue weighted by molar-refractivity contribution is 5.54. The van der Waals surface area contributed by atoms with E-state index in [4.69, 9.17) is 15.2 Å². The topological polar surface area (TPSA) is 56.5 Å². The van der Waals surface area contributed by atoms with Crippen LogP contribution in [0.2, 0.25) is 0 Å². The number of benzene rings is 1. The first-order chi connectivity index (χ1) is 11.3. The molecule has 1 aromatic rings. The lowest BCUT2D eigenvalue weighted by molar-refractivity contribution is 0.129. The van der Waals surface area contributed by atoms with Crippen LogP contribution in [0.4, 0.5) is 5.69 Å². The molecule has 0 aromatic heterocycles. The molecule has 0 aliphatic rings. The summed E-state index contributed by atoms with van der Waals surface area (Å²) < 4.78 is 11.1. The summed E-state index contributed by atoms with van der Waals surface area (Å²) >= 11 is 0. The van der Waals surface area contributed by atoms with E-state index in [1.54, 1.807) is 0 Å². The molecule has 1 rings (SSSR count). The van der Waals surface area contributed by atoms with E-state index >= 15 is 0 Å². The molecule has 0 bridgehead atoms. The minimum Gasteiger partial charge on any atom is -0.491 e. The second-order valence-corrected chi connectivity index (χ2v) is 5.89. The van der Waals surface area contributed by atoms with Crippen molar-refractivity contribution >= 4 is 5.69 Å². The molecular weight excluding hydrogens is 288 g/mol. The maximum atomic E-state index is 6.03. The number of nitrogens with one attached hydrogen (secondary N) is 1. The highest BCUT2D eigenvalue weighted by Crippen LogP contribution is 2.23. The van der Waals surface area contributed by atoms with Crippen molar-refractivity contribution < 1.29 is 9.47 Å². The summed E-state index contributed by atoms with van der Waals surface area (Å²) in [5.41, 5.74) is 8.05. The molecular formula is C19H34N2O2. The first-order valence-corrected chi connectivity index (χ1v) is 9.07. The summed E-state index contributed by atoms with van der Waals surface area (Å²) in [6.07, 6.45) is 6.60. The Morgan fingerprint density at radius 1 is 0.957 bits per heavy atom. The molecule has 1 aromatic carbocycles. The van der Waals surface area contributed by atoms with Crippen molar-refractivity contribution in [2.75, 3.05) is 38.6 Å². The second-order valence-electron chi connectivity index (χ2n) is 5.89. The summed E-state index contributed by atoms with van der Waals surface area (Å²) in [5.74, 6) is 0.803. The van der Waals surface area contributed by atoms with Gasteiger partial charge in [0.05, 0.1) is 12.3 Å². The molecule has 3 N–H and O–H groups in total. The lowest BCUT2D eigenvalue weighted by atomic mass is 10.1. The number of anilines is 1. The molecule has 0 heterocycles. The maximum absolute atomic E-state index is 6.03. The Hall–Kier alpha value is -1.26. The normalized spacial score (nSPS) is 10.9. The predicted molar refractivity (Wildman–Crippen MR) is 98.2 cm³/mol. The van der Waals surface area contributed by atoms with E-state index in [9.17, 15) is 0 Å². The van der Waals surface area contributed by atoms with Crippen molar-refractivity contribution in [1.29, 1.82) is 0 Å². The van der Waals surface area contributed by atoms with Crippen molar-refractivity contribution in [1.82, 2.24) is 5.32 Å². The van der Waals surface area contributed by atoms with Gasteiger partial charge in [-0.1, -0.05) is 26.3 Å². The van der Waals surface area contributed by atoms with Crippen LogP contribution >= 0.6 is 0 Å². The van der Waals surface area contributed by atoms with Gasteiger partial charge in [-0.3, -0.25) is 0 Å². The molecule has 23 heavy (non-hydrogen) atoms. The fourth-order valence-corrected chi connectivity index (χ4v) is 2.29. The summed E-state index contributed by atoms with van der Waals surface area (Å²) in [7, 11) is 0. The van der Waals surface area contributed by atoms with Crippen LogP contribution < -0.4 is 15.8 Å². The molecule has 0 saturated heterocycles. The summed E-state index contributed by atoms with van der Waals surface area (Å²) in [6, 6.07) is 6.14. The highest BCUT2D eigenvalue weighted by Gasteiger charge is 2.02. The number of nitrogens with two attached hydrogens (primary N) is 1. The Balaban J connectivity index is 2.06. The van der Waals surface area contributed by atoms with Crippen LogP contribution in [0.3, 0.4) is 0 Å². The van der Waals surface area contributed by atoms with Gasteiger partial charge in [0, 0.05) is 13.2 Å². The van der Waals surface area contributed by atoms with E-state index in [-0.39, 0.29) is 0 Å². The van der Waals surface area contributed by atoms with Gasteiger partial charge in [0.2, 0.25) is 0 Å². The number of nitrogen functional groups attached to an aromatic ring is 1. The molecule has 0 radical (unpaired) electrons. The van der Waals surface area contributed by atoms with Gasteiger partial charge in [-0.15, -0.1) is 0 Å². The quantitative estimate of drug-likeness (QED) is 0.404. The molecule has 4 nitrogen and oxygen atoms in total. The maximum Gasteiger partial charge on any atom is 0.142 e. The molecule has 132 valence electrons. The molecule has 0 spiro atoms. The number of ether oxygens (including phenoxy) is 2. The lowest BCUT2D eigenvalue weighted by Gasteiger charge is -2.10. The molecule has 0 saturated carbocycles. The third-order valence-corrected chi connectivity index (χ3v) is 3.64. The van der Waals surface area contributed by atoms with Crippen LogP contribution in [0.5, 0.6) is 5.75 Å².